The molecule has 1 rings (SSSR count). The Morgan fingerprint density at radius 2 is 1.85 bits per heavy atom. The number of nitrogens with two attached hydrogens (primary N) is 1. The van der Waals surface area contributed by atoms with Crippen LogP contribution in [-0.2, 0) is 11.2 Å². The molecule has 0 radical (unpaired) electrons. The fourth-order valence-electron chi connectivity index (χ4n) is 1.95. The third-order valence-corrected chi connectivity index (χ3v) is 3.27. The standard InChI is InChI=1S/C13H23N5O2/c1-5-9-11(14)12(16-15-9)13(20)17(4)8-10(19)18(6-2)7-3/h5-8,14H2,1-4H3,(H,15,16). The summed E-state index contributed by atoms with van der Waals surface area (Å²) in [5.41, 5.74) is 7.13. The Balaban J connectivity index is 2.76. The van der Waals surface area contributed by atoms with Gasteiger partial charge in [-0.3, -0.25) is 14.7 Å². The molecule has 0 aromatic carbocycles. The van der Waals surface area contributed by atoms with E-state index in [-0.39, 0.29) is 24.1 Å². The largest absolute Gasteiger partial charge is 0.395 e. The van der Waals surface area contributed by atoms with Crippen LogP contribution in [0.3, 0.4) is 0 Å². The van der Waals surface area contributed by atoms with Crippen LogP contribution in [0, 0.1) is 0 Å². The van der Waals surface area contributed by atoms with Gasteiger partial charge in [-0.1, -0.05) is 6.92 Å². The van der Waals surface area contributed by atoms with Gasteiger partial charge in [0.05, 0.1) is 17.9 Å². The van der Waals surface area contributed by atoms with Crippen LogP contribution >= 0.6 is 0 Å². The number of H-pyrrole nitrogens is 1. The van der Waals surface area contributed by atoms with Crippen LogP contribution in [0.5, 0.6) is 0 Å². The van der Waals surface area contributed by atoms with Gasteiger partial charge in [0.25, 0.3) is 5.91 Å². The number of hydrogen-bond donors (Lipinski definition) is 2. The molecular weight excluding hydrogens is 258 g/mol. The van der Waals surface area contributed by atoms with Crippen molar-refractivity contribution < 1.29 is 9.59 Å². The maximum atomic E-state index is 12.2. The van der Waals surface area contributed by atoms with Gasteiger partial charge in [-0.15, -0.1) is 0 Å². The fourth-order valence-corrected chi connectivity index (χ4v) is 1.95. The topological polar surface area (TPSA) is 95.3 Å². The molecule has 1 aromatic heterocycles. The summed E-state index contributed by atoms with van der Waals surface area (Å²) in [4.78, 5) is 27.2. The summed E-state index contributed by atoms with van der Waals surface area (Å²) in [5.74, 6) is -0.436. The third-order valence-electron chi connectivity index (χ3n) is 3.27. The number of nitrogen functional groups attached to an aromatic ring is 1. The first kappa shape index (κ1) is 16.0. The summed E-state index contributed by atoms with van der Waals surface area (Å²) >= 11 is 0. The molecule has 7 nitrogen and oxygen atoms in total. The number of nitrogens with one attached hydrogen (secondary N) is 1. The molecule has 0 aliphatic carbocycles. The van der Waals surface area contributed by atoms with Crippen LogP contribution in [0.4, 0.5) is 5.69 Å². The molecule has 0 aliphatic heterocycles. The highest BCUT2D eigenvalue weighted by atomic mass is 16.2. The second kappa shape index (κ2) is 6.93. The van der Waals surface area contributed by atoms with Gasteiger partial charge in [-0.05, 0) is 20.3 Å². The van der Waals surface area contributed by atoms with Gasteiger partial charge in [0, 0.05) is 20.1 Å². The first-order valence-corrected chi connectivity index (χ1v) is 6.82. The lowest BCUT2D eigenvalue weighted by molar-refractivity contribution is -0.131. The molecule has 7 heteroatoms. The molecule has 20 heavy (non-hydrogen) atoms. The number of rotatable bonds is 6. The Bertz CT molecular complexity index is 479. The van der Waals surface area contributed by atoms with Crippen LogP contribution in [-0.4, -0.2) is 58.5 Å². The Hall–Kier alpha value is -2.05. The molecule has 0 aliphatic rings. The van der Waals surface area contributed by atoms with Gasteiger partial charge < -0.3 is 15.5 Å². The molecule has 1 aromatic rings. The van der Waals surface area contributed by atoms with Gasteiger partial charge in [-0.2, -0.15) is 5.10 Å². The molecule has 0 fully saturated rings. The number of hydrogen-bond acceptors (Lipinski definition) is 4. The van der Waals surface area contributed by atoms with E-state index in [9.17, 15) is 9.59 Å². The molecule has 0 bridgehead atoms. The molecule has 2 amide bonds. The summed E-state index contributed by atoms with van der Waals surface area (Å²) in [7, 11) is 1.57. The average molecular weight is 281 g/mol. The number of carbonyl (C=O) groups is 2. The second-order valence-corrected chi connectivity index (χ2v) is 4.55. The van der Waals surface area contributed by atoms with Crippen LogP contribution in [0.1, 0.15) is 37.0 Å². The maximum absolute atomic E-state index is 12.2. The van der Waals surface area contributed by atoms with E-state index in [2.05, 4.69) is 10.2 Å². The zero-order valence-electron chi connectivity index (χ0n) is 12.6. The smallest absolute Gasteiger partial charge is 0.276 e. The predicted octanol–water partition coefficient (Wildman–Crippen LogP) is 0.495. The minimum Gasteiger partial charge on any atom is -0.395 e. The van der Waals surface area contributed by atoms with E-state index in [0.717, 1.165) is 5.69 Å². The molecule has 3 N–H and O–H groups in total. The quantitative estimate of drug-likeness (QED) is 0.793. The van der Waals surface area contributed by atoms with E-state index in [1.165, 1.54) is 4.90 Å². The monoisotopic (exact) mass is 281 g/mol. The van der Waals surface area contributed by atoms with E-state index in [0.29, 0.717) is 25.2 Å². The molecule has 0 unspecified atom stereocenters. The van der Waals surface area contributed by atoms with Gasteiger partial charge >= 0.3 is 0 Å². The van der Waals surface area contributed by atoms with Gasteiger partial charge in [0.15, 0.2) is 5.69 Å². The first-order chi connectivity index (χ1) is 9.46. The maximum Gasteiger partial charge on any atom is 0.276 e. The van der Waals surface area contributed by atoms with Crippen molar-refractivity contribution in [2.45, 2.75) is 27.2 Å². The Morgan fingerprint density at radius 1 is 1.25 bits per heavy atom. The van der Waals surface area contributed by atoms with E-state index in [1.807, 2.05) is 20.8 Å². The fraction of sp³-hybridized carbons (Fsp3) is 0.615. The van der Waals surface area contributed by atoms with Gasteiger partial charge in [0.2, 0.25) is 5.91 Å². The number of carbonyl (C=O) groups excluding carboxylic acids is 2. The number of amides is 2. The highest BCUT2D eigenvalue weighted by molar-refractivity contribution is 5.99. The highest BCUT2D eigenvalue weighted by Gasteiger charge is 2.22. The van der Waals surface area contributed by atoms with E-state index in [1.54, 1.807) is 11.9 Å². The Kier molecular flexibility index (Phi) is 5.54. The van der Waals surface area contributed by atoms with Crippen molar-refractivity contribution in [1.29, 1.82) is 0 Å². The molecule has 0 spiro atoms. The molecule has 0 saturated heterocycles. The van der Waals surface area contributed by atoms with Crippen molar-refractivity contribution in [3.05, 3.63) is 11.4 Å². The van der Waals surface area contributed by atoms with E-state index in [4.69, 9.17) is 5.73 Å². The highest BCUT2D eigenvalue weighted by Crippen LogP contribution is 2.15. The lowest BCUT2D eigenvalue weighted by Gasteiger charge is -2.22. The zero-order valence-corrected chi connectivity index (χ0v) is 12.6. The lowest BCUT2D eigenvalue weighted by Crippen LogP contribution is -2.41. The van der Waals surface area contributed by atoms with Crippen molar-refractivity contribution >= 4 is 17.5 Å². The van der Waals surface area contributed by atoms with Gasteiger partial charge in [0.1, 0.15) is 0 Å². The van der Waals surface area contributed by atoms with Crippen LogP contribution in [0.2, 0.25) is 0 Å². The van der Waals surface area contributed by atoms with Crippen molar-refractivity contribution in [3.63, 3.8) is 0 Å². The number of likely N-dealkylation sites (N-methyl/N-ethyl adjacent to an activating group) is 2. The van der Waals surface area contributed by atoms with Crippen molar-refractivity contribution in [1.82, 2.24) is 20.0 Å². The number of aromatic nitrogens is 2. The minimum absolute atomic E-state index is 0.0221. The molecule has 0 saturated carbocycles. The van der Waals surface area contributed by atoms with Crippen LogP contribution in [0.25, 0.3) is 0 Å². The number of aromatic amines is 1. The molecular formula is C13H23N5O2. The lowest BCUT2D eigenvalue weighted by atomic mass is 10.2. The van der Waals surface area contributed by atoms with E-state index >= 15 is 0 Å². The number of nitrogens with zero attached hydrogens (tertiary/aromatic N) is 3. The van der Waals surface area contributed by atoms with Gasteiger partial charge in [-0.25, -0.2) is 0 Å². The van der Waals surface area contributed by atoms with Crippen molar-refractivity contribution in [3.8, 4) is 0 Å². The summed E-state index contributed by atoms with van der Waals surface area (Å²) < 4.78 is 0. The molecule has 112 valence electrons. The van der Waals surface area contributed by atoms with E-state index < -0.39 is 0 Å². The first-order valence-electron chi connectivity index (χ1n) is 6.82. The van der Waals surface area contributed by atoms with Crippen LogP contribution in [0.15, 0.2) is 0 Å². The van der Waals surface area contributed by atoms with Crippen molar-refractivity contribution in [2.75, 3.05) is 32.4 Å². The average Bonchev–Trinajstić information content (AvgIpc) is 2.80. The summed E-state index contributed by atoms with van der Waals surface area (Å²) in [6.45, 7) is 7.01. The summed E-state index contributed by atoms with van der Waals surface area (Å²) in [6.07, 6.45) is 0.675. The Morgan fingerprint density at radius 3 is 2.30 bits per heavy atom. The van der Waals surface area contributed by atoms with Crippen molar-refractivity contribution in [2.24, 2.45) is 0 Å². The second-order valence-electron chi connectivity index (χ2n) is 4.55. The Labute approximate surface area is 119 Å². The minimum atomic E-state index is -0.348. The number of anilines is 1. The summed E-state index contributed by atoms with van der Waals surface area (Å²) in [6, 6.07) is 0. The number of aryl methyl sites for hydroxylation is 1. The molecule has 0 atom stereocenters. The van der Waals surface area contributed by atoms with Crippen LogP contribution < -0.4 is 5.73 Å². The predicted molar refractivity (Wildman–Crippen MR) is 77.3 cm³/mol. The SMILES string of the molecule is CCc1[nH]nc(C(=O)N(C)CC(=O)N(CC)CC)c1N. The zero-order chi connectivity index (χ0) is 15.3. The molecule has 1 heterocycles. The summed E-state index contributed by atoms with van der Waals surface area (Å²) in [5, 5.41) is 6.67. The normalized spacial score (nSPS) is 10.4. The third kappa shape index (κ3) is 3.28.